The standard InChI is InChI=1S/C7H9NO2.C2H6/c1-6(9)8-4-7-2-3-10-5-7;1-2/h2-3,5H,4H2,1H3,(H,8,9);1-2H3. The number of hydrogen-bond acceptors (Lipinski definition) is 2. The lowest BCUT2D eigenvalue weighted by Gasteiger charge is -1.95. The highest BCUT2D eigenvalue weighted by Crippen LogP contribution is 1.97. The van der Waals surface area contributed by atoms with Gasteiger partial charge in [0.25, 0.3) is 0 Å². The predicted molar refractivity (Wildman–Crippen MR) is 47.6 cm³/mol. The molecular formula is C9H15NO2. The molecule has 1 amide bonds. The summed E-state index contributed by atoms with van der Waals surface area (Å²) in [6.07, 6.45) is 3.19. The van der Waals surface area contributed by atoms with E-state index in [1.165, 1.54) is 6.92 Å². The Labute approximate surface area is 72.8 Å². The average Bonchev–Trinajstić information content (AvgIpc) is 2.56. The Morgan fingerprint density at radius 3 is 2.67 bits per heavy atom. The summed E-state index contributed by atoms with van der Waals surface area (Å²) in [5.41, 5.74) is 0.982. The van der Waals surface area contributed by atoms with Crippen LogP contribution in [-0.4, -0.2) is 5.91 Å². The number of carbonyl (C=O) groups is 1. The van der Waals surface area contributed by atoms with Gasteiger partial charge in [-0.05, 0) is 6.07 Å². The summed E-state index contributed by atoms with van der Waals surface area (Å²) in [6.45, 7) is 6.03. The summed E-state index contributed by atoms with van der Waals surface area (Å²) in [4.78, 5) is 10.4. The lowest BCUT2D eigenvalue weighted by Crippen LogP contribution is -2.18. The number of hydrogen-bond donors (Lipinski definition) is 1. The molecule has 0 unspecified atom stereocenters. The number of rotatable bonds is 2. The fourth-order valence-corrected chi connectivity index (χ4v) is 0.620. The summed E-state index contributed by atoms with van der Waals surface area (Å²) >= 11 is 0. The summed E-state index contributed by atoms with van der Waals surface area (Å²) in [6, 6.07) is 1.82. The Bertz CT molecular complexity index is 204. The van der Waals surface area contributed by atoms with Gasteiger partial charge in [-0.1, -0.05) is 13.8 Å². The van der Waals surface area contributed by atoms with Crippen LogP contribution in [0.4, 0.5) is 0 Å². The van der Waals surface area contributed by atoms with E-state index in [9.17, 15) is 4.79 Å². The maximum absolute atomic E-state index is 10.4. The van der Waals surface area contributed by atoms with Crippen molar-refractivity contribution in [3.05, 3.63) is 24.2 Å². The van der Waals surface area contributed by atoms with Gasteiger partial charge in [-0.25, -0.2) is 0 Å². The molecule has 0 aliphatic rings. The second-order valence-electron chi connectivity index (χ2n) is 2.04. The van der Waals surface area contributed by atoms with E-state index in [1.807, 2.05) is 19.9 Å². The van der Waals surface area contributed by atoms with Crippen LogP contribution in [0.1, 0.15) is 26.3 Å². The van der Waals surface area contributed by atoms with Gasteiger partial charge in [0.2, 0.25) is 5.91 Å². The molecule has 68 valence electrons. The molecule has 1 rings (SSSR count). The quantitative estimate of drug-likeness (QED) is 0.735. The Morgan fingerprint density at radius 1 is 1.58 bits per heavy atom. The van der Waals surface area contributed by atoms with Gasteiger partial charge < -0.3 is 9.73 Å². The van der Waals surface area contributed by atoms with E-state index in [2.05, 4.69) is 5.32 Å². The molecule has 0 aromatic carbocycles. The normalized spacial score (nSPS) is 8.25. The molecule has 1 aromatic rings. The van der Waals surface area contributed by atoms with Crippen molar-refractivity contribution in [1.29, 1.82) is 0 Å². The molecule has 0 spiro atoms. The molecule has 3 heteroatoms. The van der Waals surface area contributed by atoms with Crippen LogP contribution >= 0.6 is 0 Å². The fourth-order valence-electron chi connectivity index (χ4n) is 0.620. The molecule has 0 radical (unpaired) electrons. The van der Waals surface area contributed by atoms with E-state index in [4.69, 9.17) is 4.42 Å². The van der Waals surface area contributed by atoms with Crippen LogP contribution in [-0.2, 0) is 11.3 Å². The lowest BCUT2D eigenvalue weighted by atomic mass is 10.3. The van der Waals surface area contributed by atoms with Crippen LogP contribution in [0.25, 0.3) is 0 Å². The molecule has 0 fully saturated rings. The molecule has 0 atom stereocenters. The van der Waals surface area contributed by atoms with Crippen molar-refractivity contribution in [3.8, 4) is 0 Å². The van der Waals surface area contributed by atoms with Crippen LogP contribution in [0.2, 0.25) is 0 Å². The van der Waals surface area contributed by atoms with Crippen molar-refractivity contribution in [2.75, 3.05) is 0 Å². The number of nitrogens with one attached hydrogen (secondary N) is 1. The fraction of sp³-hybridized carbons (Fsp3) is 0.444. The number of furan rings is 1. The molecule has 3 nitrogen and oxygen atoms in total. The number of amides is 1. The van der Waals surface area contributed by atoms with Gasteiger partial charge in [0.1, 0.15) is 0 Å². The highest BCUT2D eigenvalue weighted by Gasteiger charge is 1.93. The minimum absolute atomic E-state index is 0.0267. The van der Waals surface area contributed by atoms with Crippen molar-refractivity contribution in [1.82, 2.24) is 5.32 Å². The Morgan fingerprint density at radius 2 is 2.25 bits per heavy atom. The van der Waals surface area contributed by atoms with Gasteiger partial charge in [-0.2, -0.15) is 0 Å². The lowest BCUT2D eigenvalue weighted by molar-refractivity contribution is -0.119. The van der Waals surface area contributed by atoms with Crippen LogP contribution < -0.4 is 5.32 Å². The van der Waals surface area contributed by atoms with Gasteiger partial charge in [0.05, 0.1) is 12.5 Å². The Hall–Kier alpha value is -1.25. The van der Waals surface area contributed by atoms with E-state index < -0.39 is 0 Å². The smallest absolute Gasteiger partial charge is 0.217 e. The van der Waals surface area contributed by atoms with Crippen molar-refractivity contribution < 1.29 is 9.21 Å². The first kappa shape index (κ1) is 10.8. The zero-order valence-electron chi connectivity index (χ0n) is 7.76. The highest BCUT2D eigenvalue weighted by atomic mass is 16.3. The molecule has 0 saturated carbocycles. The maximum atomic E-state index is 10.4. The summed E-state index contributed by atoms with van der Waals surface area (Å²) in [5, 5.41) is 2.65. The van der Waals surface area contributed by atoms with Crippen LogP contribution in [0.3, 0.4) is 0 Å². The second kappa shape index (κ2) is 6.46. The molecule has 0 aliphatic heterocycles. The summed E-state index contributed by atoms with van der Waals surface area (Å²) in [5.74, 6) is -0.0267. The van der Waals surface area contributed by atoms with Crippen molar-refractivity contribution in [2.24, 2.45) is 0 Å². The zero-order valence-corrected chi connectivity index (χ0v) is 7.76. The van der Waals surface area contributed by atoms with Gasteiger partial charge >= 0.3 is 0 Å². The van der Waals surface area contributed by atoms with Crippen LogP contribution in [0.5, 0.6) is 0 Å². The van der Waals surface area contributed by atoms with E-state index >= 15 is 0 Å². The van der Waals surface area contributed by atoms with Gasteiger partial charge in [0, 0.05) is 19.0 Å². The second-order valence-corrected chi connectivity index (χ2v) is 2.04. The third-order valence-electron chi connectivity index (χ3n) is 1.12. The van der Waals surface area contributed by atoms with E-state index in [0.717, 1.165) is 5.56 Å². The maximum Gasteiger partial charge on any atom is 0.217 e. The van der Waals surface area contributed by atoms with Crippen molar-refractivity contribution in [2.45, 2.75) is 27.3 Å². The SMILES string of the molecule is CC.CC(=O)NCc1ccoc1. The van der Waals surface area contributed by atoms with Crippen molar-refractivity contribution in [3.63, 3.8) is 0 Å². The molecule has 1 N–H and O–H groups in total. The summed E-state index contributed by atoms with van der Waals surface area (Å²) in [7, 11) is 0. The topological polar surface area (TPSA) is 42.2 Å². The van der Waals surface area contributed by atoms with E-state index in [-0.39, 0.29) is 5.91 Å². The molecule has 1 aromatic heterocycles. The minimum Gasteiger partial charge on any atom is -0.472 e. The first-order valence-corrected chi connectivity index (χ1v) is 4.04. The summed E-state index contributed by atoms with van der Waals surface area (Å²) < 4.78 is 4.80. The number of carbonyl (C=O) groups excluding carboxylic acids is 1. The molecular weight excluding hydrogens is 154 g/mol. The van der Waals surface area contributed by atoms with Gasteiger partial charge in [-0.15, -0.1) is 0 Å². The molecule has 0 aliphatic carbocycles. The van der Waals surface area contributed by atoms with Gasteiger partial charge in [-0.3, -0.25) is 4.79 Å². The Kier molecular flexibility index (Phi) is 5.79. The Balaban J connectivity index is 0.000000561. The van der Waals surface area contributed by atoms with E-state index in [0.29, 0.717) is 6.54 Å². The minimum atomic E-state index is -0.0267. The van der Waals surface area contributed by atoms with Crippen molar-refractivity contribution >= 4 is 5.91 Å². The largest absolute Gasteiger partial charge is 0.472 e. The molecule has 0 bridgehead atoms. The predicted octanol–water partition coefficient (Wildman–Crippen LogP) is 1.94. The van der Waals surface area contributed by atoms with Gasteiger partial charge in [0.15, 0.2) is 0 Å². The van der Waals surface area contributed by atoms with Crippen LogP contribution in [0.15, 0.2) is 23.0 Å². The average molecular weight is 169 g/mol. The molecule has 12 heavy (non-hydrogen) atoms. The zero-order chi connectivity index (χ0) is 9.40. The molecule has 1 heterocycles. The third kappa shape index (κ3) is 4.55. The van der Waals surface area contributed by atoms with E-state index in [1.54, 1.807) is 12.5 Å². The third-order valence-corrected chi connectivity index (χ3v) is 1.12. The monoisotopic (exact) mass is 169 g/mol. The highest BCUT2D eigenvalue weighted by molar-refractivity contribution is 5.72. The van der Waals surface area contributed by atoms with Crippen LogP contribution in [0, 0.1) is 0 Å². The first-order chi connectivity index (χ1) is 5.79. The molecule has 0 saturated heterocycles. The first-order valence-electron chi connectivity index (χ1n) is 4.04.